The van der Waals surface area contributed by atoms with Gasteiger partial charge in [-0.05, 0) is 32.6 Å². The third-order valence-corrected chi connectivity index (χ3v) is 2.95. The average Bonchev–Trinajstić information content (AvgIpc) is 2.81. The van der Waals surface area contributed by atoms with E-state index >= 15 is 0 Å². The summed E-state index contributed by atoms with van der Waals surface area (Å²) in [5.74, 6) is -0.189. The van der Waals surface area contributed by atoms with Crippen LogP contribution in [-0.4, -0.2) is 30.1 Å². The molecule has 0 spiro atoms. The first-order chi connectivity index (χ1) is 6.57. The molecule has 0 bridgehead atoms. The number of ether oxygens (including phenoxy) is 3. The molecule has 2 aliphatic heterocycles. The molecule has 1 aliphatic carbocycles. The summed E-state index contributed by atoms with van der Waals surface area (Å²) in [6.07, 6.45) is 0.971. The third-order valence-electron chi connectivity index (χ3n) is 2.95. The van der Waals surface area contributed by atoms with Gasteiger partial charge >= 0.3 is 0 Å². The van der Waals surface area contributed by atoms with Crippen molar-refractivity contribution in [2.45, 2.75) is 51.0 Å². The zero-order chi connectivity index (χ0) is 9.92. The molecular weight excluding hydrogens is 184 g/mol. The van der Waals surface area contributed by atoms with Crippen molar-refractivity contribution in [1.82, 2.24) is 0 Å². The van der Waals surface area contributed by atoms with Gasteiger partial charge in [0, 0.05) is 0 Å². The van der Waals surface area contributed by atoms with Crippen molar-refractivity contribution in [2.75, 3.05) is 0 Å². The minimum absolute atomic E-state index is 0.0723. The van der Waals surface area contributed by atoms with Gasteiger partial charge in [-0.25, -0.2) is 0 Å². The summed E-state index contributed by atoms with van der Waals surface area (Å²) in [6, 6.07) is 0. The van der Waals surface area contributed by atoms with E-state index in [0.717, 1.165) is 12.8 Å². The quantitative estimate of drug-likeness (QED) is 0.626. The summed E-state index contributed by atoms with van der Waals surface area (Å²) in [5.41, 5.74) is 0. The average molecular weight is 198 g/mol. The minimum Gasteiger partial charge on any atom is -0.338 e. The number of rotatable bonds is 1. The van der Waals surface area contributed by atoms with Crippen LogP contribution in [0.25, 0.3) is 0 Å². The molecule has 0 N–H and O–H groups in total. The first-order valence-corrected chi connectivity index (χ1v) is 5.12. The van der Waals surface area contributed by atoms with Crippen LogP contribution >= 0.6 is 0 Å². The maximum Gasteiger partial charge on any atom is 0.195 e. The van der Waals surface area contributed by atoms with Crippen LogP contribution in [0.15, 0.2) is 0 Å². The Hall–Kier alpha value is -0.450. The van der Waals surface area contributed by atoms with Crippen molar-refractivity contribution in [1.29, 1.82) is 0 Å². The van der Waals surface area contributed by atoms with E-state index in [2.05, 4.69) is 0 Å². The molecule has 78 valence electrons. The smallest absolute Gasteiger partial charge is 0.195 e. The monoisotopic (exact) mass is 198 g/mol. The number of hydrogen-bond donors (Lipinski definition) is 0. The molecule has 2 heterocycles. The molecule has 0 aromatic heterocycles. The van der Waals surface area contributed by atoms with Crippen molar-refractivity contribution in [3.05, 3.63) is 0 Å². The first kappa shape index (κ1) is 8.83. The Kier molecular flexibility index (Phi) is 1.62. The lowest BCUT2D eigenvalue weighted by Gasteiger charge is -2.19. The SMILES string of the molecule is CC1(C)OC2OC(C3CC3)C(=O)C2O1. The molecule has 3 atom stereocenters. The second-order valence-electron chi connectivity index (χ2n) is 4.72. The molecule has 14 heavy (non-hydrogen) atoms. The molecule has 3 rings (SSSR count). The highest BCUT2D eigenvalue weighted by atomic mass is 16.8. The van der Waals surface area contributed by atoms with E-state index in [1.54, 1.807) is 13.8 Å². The van der Waals surface area contributed by atoms with Gasteiger partial charge in [0.1, 0.15) is 6.10 Å². The van der Waals surface area contributed by atoms with Crippen LogP contribution < -0.4 is 0 Å². The Morgan fingerprint density at radius 3 is 2.50 bits per heavy atom. The Morgan fingerprint density at radius 1 is 1.21 bits per heavy atom. The fourth-order valence-electron chi connectivity index (χ4n) is 2.14. The number of hydrogen-bond acceptors (Lipinski definition) is 4. The summed E-state index contributed by atoms with van der Waals surface area (Å²) >= 11 is 0. The fourth-order valence-corrected chi connectivity index (χ4v) is 2.14. The van der Waals surface area contributed by atoms with E-state index in [-0.39, 0.29) is 11.9 Å². The molecule has 0 aromatic rings. The van der Waals surface area contributed by atoms with Gasteiger partial charge in [0.2, 0.25) is 0 Å². The van der Waals surface area contributed by atoms with E-state index in [1.807, 2.05) is 0 Å². The number of ketones is 1. The molecule has 0 radical (unpaired) electrons. The van der Waals surface area contributed by atoms with E-state index in [0.29, 0.717) is 5.92 Å². The largest absolute Gasteiger partial charge is 0.338 e. The molecule has 4 heteroatoms. The maximum absolute atomic E-state index is 11.8. The summed E-state index contributed by atoms with van der Waals surface area (Å²) < 4.78 is 16.5. The summed E-state index contributed by atoms with van der Waals surface area (Å²) in [5, 5.41) is 0. The Balaban J connectivity index is 1.77. The summed E-state index contributed by atoms with van der Waals surface area (Å²) in [6.45, 7) is 3.60. The van der Waals surface area contributed by atoms with Gasteiger partial charge in [-0.1, -0.05) is 0 Å². The van der Waals surface area contributed by atoms with Crippen LogP contribution in [0.4, 0.5) is 0 Å². The van der Waals surface area contributed by atoms with Gasteiger partial charge in [0.25, 0.3) is 0 Å². The molecule has 1 saturated carbocycles. The van der Waals surface area contributed by atoms with Gasteiger partial charge in [-0.15, -0.1) is 0 Å². The third kappa shape index (κ3) is 1.21. The first-order valence-electron chi connectivity index (χ1n) is 5.12. The molecule has 3 unspecified atom stereocenters. The number of carbonyl (C=O) groups excluding carboxylic acids is 1. The molecule has 3 fully saturated rings. The predicted octanol–water partition coefficient (Wildman–Crippen LogP) is 0.842. The van der Waals surface area contributed by atoms with Crippen LogP contribution in [0, 0.1) is 5.92 Å². The molecule has 3 aliphatic rings. The summed E-state index contributed by atoms with van der Waals surface area (Å²) in [4.78, 5) is 11.8. The maximum atomic E-state index is 11.8. The molecular formula is C10H14O4. The van der Waals surface area contributed by atoms with Crippen LogP contribution in [0.2, 0.25) is 0 Å². The number of Topliss-reactive ketones (excluding diaryl/α,β-unsaturated/α-hetero) is 1. The Bertz CT molecular complexity index is 282. The van der Waals surface area contributed by atoms with Crippen molar-refractivity contribution in [2.24, 2.45) is 5.92 Å². The molecule has 4 nitrogen and oxygen atoms in total. The molecule has 0 amide bonds. The van der Waals surface area contributed by atoms with Crippen molar-refractivity contribution in [3.8, 4) is 0 Å². The van der Waals surface area contributed by atoms with Crippen LogP contribution in [0.5, 0.6) is 0 Å². The normalized spacial score (nSPS) is 45.6. The van der Waals surface area contributed by atoms with E-state index in [4.69, 9.17) is 14.2 Å². The van der Waals surface area contributed by atoms with E-state index < -0.39 is 18.2 Å². The second kappa shape index (κ2) is 2.56. The lowest BCUT2D eigenvalue weighted by Crippen LogP contribution is -2.31. The van der Waals surface area contributed by atoms with Gasteiger partial charge in [0.05, 0.1) is 0 Å². The van der Waals surface area contributed by atoms with Gasteiger partial charge in [-0.3, -0.25) is 4.79 Å². The van der Waals surface area contributed by atoms with Crippen molar-refractivity contribution < 1.29 is 19.0 Å². The molecule has 0 aromatic carbocycles. The van der Waals surface area contributed by atoms with E-state index in [9.17, 15) is 4.79 Å². The van der Waals surface area contributed by atoms with Crippen LogP contribution in [0.3, 0.4) is 0 Å². The number of fused-ring (bicyclic) bond motifs is 1. The topological polar surface area (TPSA) is 44.8 Å². The van der Waals surface area contributed by atoms with Gasteiger partial charge in [0.15, 0.2) is 24.0 Å². The Morgan fingerprint density at radius 2 is 1.93 bits per heavy atom. The Labute approximate surface area is 82.5 Å². The predicted molar refractivity (Wildman–Crippen MR) is 46.4 cm³/mol. The highest BCUT2D eigenvalue weighted by Gasteiger charge is 2.57. The van der Waals surface area contributed by atoms with Gasteiger partial charge < -0.3 is 14.2 Å². The fraction of sp³-hybridized carbons (Fsp3) is 0.900. The zero-order valence-electron chi connectivity index (χ0n) is 8.36. The van der Waals surface area contributed by atoms with Crippen molar-refractivity contribution >= 4 is 5.78 Å². The second-order valence-corrected chi connectivity index (χ2v) is 4.72. The minimum atomic E-state index is -0.681. The highest BCUT2D eigenvalue weighted by Crippen LogP contribution is 2.43. The number of carbonyl (C=O) groups is 1. The lowest BCUT2D eigenvalue weighted by atomic mass is 10.1. The van der Waals surface area contributed by atoms with Crippen LogP contribution in [0.1, 0.15) is 26.7 Å². The van der Waals surface area contributed by atoms with Crippen molar-refractivity contribution in [3.63, 3.8) is 0 Å². The standard InChI is InChI=1S/C10H14O4/c1-10(2)13-8-6(11)7(5-3-4-5)12-9(8)14-10/h5,7-9H,3-4H2,1-2H3. The van der Waals surface area contributed by atoms with Crippen LogP contribution in [-0.2, 0) is 19.0 Å². The molecule has 2 saturated heterocycles. The highest BCUT2D eigenvalue weighted by molar-refractivity contribution is 5.90. The zero-order valence-corrected chi connectivity index (χ0v) is 8.36. The van der Waals surface area contributed by atoms with Gasteiger partial charge in [-0.2, -0.15) is 0 Å². The lowest BCUT2D eigenvalue weighted by molar-refractivity contribution is -0.206. The van der Waals surface area contributed by atoms with E-state index in [1.165, 1.54) is 0 Å². The summed E-state index contributed by atoms with van der Waals surface area (Å²) in [7, 11) is 0.